The highest BCUT2D eigenvalue weighted by Crippen LogP contribution is 1.97. The predicted molar refractivity (Wildman–Crippen MR) is 52.2 cm³/mol. The molecule has 1 aromatic heterocycles. The highest BCUT2D eigenvalue weighted by molar-refractivity contribution is 4.90. The van der Waals surface area contributed by atoms with Crippen molar-refractivity contribution in [3.63, 3.8) is 0 Å². The van der Waals surface area contributed by atoms with Gasteiger partial charge in [-0.1, -0.05) is 0 Å². The van der Waals surface area contributed by atoms with Crippen LogP contribution < -0.4 is 5.32 Å². The molecule has 1 heterocycles. The van der Waals surface area contributed by atoms with E-state index in [-0.39, 0.29) is 5.54 Å². The van der Waals surface area contributed by atoms with Crippen LogP contribution in [0.4, 0.5) is 0 Å². The van der Waals surface area contributed by atoms with E-state index in [2.05, 4.69) is 55.2 Å². The topological polar surface area (TPSA) is 17.0 Å². The third-order valence-corrected chi connectivity index (χ3v) is 1.69. The van der Waals surface area contributed by atoms with Gasteiger partial charge in [-0.05, 0) is 32.9 Å². The molecule has 0 aliphatic heterocycles. The van der Waals surface area contributed by atoms with Gasteiger partial charge in [-0.3, -0.25) is 0 Å². The van der Waals surface area contributed by atoms with Crippen molar-refractivity contribution in [2.75, 3.05) is 6.54 Å². The number of aromatic nitrogens is 1. The van der Waals surface area contributed by atoms with Gasteiger partial charge in [0.15, 0.2) is 0 Å². The minimum Gasteiger partial charge on any atom is -0.353 e. The molecule has 0 aliphatic rings. The Labute approximate surface area is 74.6 Å². The second-order valence-electron chi connectivity index (χ2n) is 4.10. The number of hydrogen-bond acceptors (Lipinski definition) is 1. The molecule has 68 valence electrons. The summed E-state index contributed by atoms with van der Waals surface area (Å²) in [6, 6.07) is 4.11. The summed E-state index contributed by atoms with van der Waals surface area (Å²) in [4.78, 5) is 0. The van der Waals surface area contributed by atoms with Gasteiger partial charge in [0.25, 0.3) is 0 Å². The van der Waals surface area contributed by atoms with Gasteiger partial charge in [0.05, 0.1) is 0 Å². The van der Waals surface area contributed by atoms with Crippen LogP contribution in [0.15, 0.2) is 24.5 Å². The highest BCUT2D eigenvalue weighted by atomic mass is 15.0. The molecule has 2 nitrogen and oxygen atoms in total. The van der Waals surface area contributed by atoms with Crippen LogP contribution in [-0.4, -0.2) is 16.7 Å². The van der Waals surface area contributed by atoms with E-state index in [4.69, 9.17) is 0 Å². The summed E-state index contributed by atoms with van der Waals surface area (Å²) in [5, 5.41) is 3.44. The molecule has 0 amide bonds. The fourth-order valence-electron chi connectivity index (χ4n) is 1.08. The van der Waals surface area contributed by atoms with E-state index in [1.54, 1.807) is 0 Å². The Bertz CT molecular complexity index is 206. The third kappa shape index (κ3) is 3.58. The lowest BCUT2D eigenvalue weighted by Crippen LogP contribution is -2.37. The molecule has 0 spiro atoms. The van der Waals surface area contributed by atoms with E-state index in [1.807, 2.05) is 0 Å². The van der Waals surface area contributed by atoms with Gasteiger partial charge < -0.3 is 9.88 Å². The largest absolute Gasteiger partial charge is 0.353 e. The molecule has 0 atom stereocenters. The van der Waals surface area contributed by atoms with E-state index in [9.17, 15) is 0 Å². The molecule has 0 fully saturated rings. The van der Waals surface area contributed by atoms with Crippen LogP contribution in [-0.2, 0) is 6.54 Å². The van der Waals surface area contributed by atoms with Crippen LogP contribution in [0.3, 0.4) is 0 Å². The average molecular weight is 166 g/mol. The monoisotopic (exact) mass is 166 g/mol. The Balaban J connectivity index is 2.20. The van der Waals surface area contributed by atoms with E-state index in [1.165, 1.54) is 0 Å². The Morgan fingerprint density at radius 3 is 2.25 bits per heavy atom. The van der Waals surface area contributed by atoms with Crippen LogP contribution in [0.1, 0.15) is 20.8 Å². The maximum absolute atomic E-state index is 3.44. The van der Waals surface area contributed by atoms with Crippen LogP contribution in [0.2, 0.25) is 0 Å². The molecule has 0 radical (unpaired) electrons. The van der Waals surface area contributed by atoms with Crippen molar-refractivity contribution in [1.29, 1.82) is 0 Å². The van der Waals surface area contributed by atoms with Crippen molar-refractivity contribution < 1.29 is 0 Å². The van der Waals surface area contributed by atoms with E-state index in [0.29, 0.717) is 0 Å². The van der Waals surface area contributed by atoms with Gasteiger partial charge in [0, 0.05) is 31.0 Å². The first-order valence-corrected chi connectivity index (χ1v) is 4.44. The third-order valence-electron chi connectivity index (χ3n) is 1.69. The lowest BCUT2D eigenvalue weighted by atomic mass is 10.1. The quantitative estimate of drug-likeness (QED) is 0.725. The normalized spacial score (nSPS) is 11.9. The van der Waals surface area contributed by atoms with E-state index < -0.39 is 0 Å². The van der Waals surface area contributed by atoms with Crippen molar-refractivity contribution in [2.24, 2.45) is 0 Å². The lowest BCUT2D eigenvalue weighted by molar-refractivity contribution is 0.413. The minimum absolute atomic E-state index is 0.229. The zero-order valence-electron chi connectivity index (χ0n) is 8.17. The Hall–Kier alpha value is -0.760. The van der Waals surface area contributed by atoms with Crippen molar-refractivity contribution in [3.8, 4) is 0 Å². The smallest absolute Gasteiger partial charge is 0.0344 e. The summed E-state index contributed by atoms with van der Waals surface area (Å²) in [5.41, 5.74) is 0.229. The van der Waals surface area contributed by atoms with E-state index >= 15 is 0 Å². The first-order valence-electron chi connectivity index (χ1n) is 4.44. The fraction of sp³-hybridized carbons (Fsp3) is 0.600. The molecule has 0 unspecified atom stereocenters. The molecule has 0 aliphatic carbocycles. The van der Waals surface area contributed by atoms with Gasteiger partial charge in [-0.2, -0.15) is 0 Å². The molecule has 1 aromatic rings. The van der Waals surface area contributed by atoms with Gasteiger partial charge >= 0.3 is 0 Å². The second-order valence-corrected chi connectivity index (χ2v) is 4.10. The minimum atomic E-state index is 0.229. The Morgan fingerprint density at radius 2 is 1.75 bits per heavy atom. The number of nitrogens with one attached hydrogen (secondary N) is 1. The van der Waals surface area contributed by atoms with Gasteiger partial charge in [0.1, 0.15) is 0 Å². The maximum Gasteiger partial charge on any atom is 0.0344 e. The predicted octanol–water partition coefficient (Wildman–Crippen LogP) is 1.88. The molecule has 0 saturated carbocycles. The van der Waals surface area contributed by atoms with Crippen LogP contribution >= 0.6 is 0 Å². The van der Waals surface area contributed by atoms with Crippen molar-refractivity contribution >= 4 is 0 Å². The van der Waals surface area contributed by atoms with Crippen molar-refractivity contribution in [2.45, 2.75) is 32.9 Å². The van der Waals surface area contributed by atoms with Crippen LogP contribution in [0, 0.1) is 0 Å². The summed E-state index contributed by atoms with van der Waals surface area (Å²) >= 11 is 0. The van der Waals surface area contributed by atoms with Gasteiger partial charge in [-0.15, -0.1) is 0 Å². The molecular weight excluding hydrogens is 148 g/mol. The molecule has 12 heavy (non-hydrogen) atoms. The molecule has 0 saturated heterocycles. The van der Waals surface area contributed by atoms with E-state index in [0.717, 1.165) is 13.1 Å². The summed E-state index contributed by atoms with van der Waals surface area (Å²) in [5.74, 6) is 0. The maximum atomic E-state index is 3.44. The Morgan fingerprint density at radius 1 is 1.17 bits per heavy atom. The summed E-state index contributed by atoms with van der Waals surface area (Å²) in [7, 11) is 0. The Kier molecular flexibility index (Phi) is 2.93. The van der Waals surface area contributed by atoms with Gasteiger partial charge in [0.2, 0.25) is 0 Å². The number of hydrogen-bond donors (Lipinski definition) is 1. The number of rotatable bonds is 3. The zero-order valence-corrected chi connectivity index (χ0v) is 8.17. The molecule has 2 heteroatoms. The fourth-order valence-corrected chi connectivity index (χ4v) is 1.08. The lowest BCUT2D eigenvalue weighted by Gasteiger charge is -2.20. The molecule has 0 bridgehead atoms. The first-order chi connectivity index (χ1) is 5.58. The highest BCUT2D eigenvalue weighted by Gasteiger charge is 2.06. The average Bonchev–Trinajstić information content (AvgIpc) is 2.36. The number of nitrogens with zero attached hydrogens (tertiary/aromatic N) is 1. The first kappa shape index (κ1) is 9.33. The van der Waals surface area contributed by atoms with Crippen LogP contribution in [0.25, 0.3) is 0 Å². The second kappa shape index (κ2) is 3.76. The van der Waals surface area contributed by atoms with Gasteiger partial charge in [-0.25, -0.2) is 0 Å². The summed E-state index contributed by atoms with van der Waals surface area (Å²) in [6.45, 7) is 8.62. The van der Waals surface area contributed by atoms with Crippen molar-refractivity contribution in [1.82, 2.24) is 9.88 Å². The molecule has 0 aromatic carbocycles. The molecular formula is C10H18N2. The van der Waals surface area contributed by atoms with Crippen LogP contribution in [0.5, 0.6) is 0 Å². The summed E-state index contributed by atoms with van der Waals surface area (Å²) < 4.78 is 2.18. The molecule has 1 rings (SSSR count). The summed E-state index contributed by atoms with van der Waals surface area (Å²) in [6.07, 6.45) is 4.18. The van der Waals surface area contributed by atoms with Crippen molar-refractivity contribution in [3.05, 3.63) is 24.5 Å². The SMILES string of the molecule is CC(C)(C)NCCn1cccc1. The molecule has 1 N–H and O–H groups in total. The standard InChI is InChI=1S/C10H18N2/c1-10(2,3)11-6-9-12-7-4-5-8-12/h4-5,7-8,11H,6,9H2,1-3H3. The zero-order chi connectivity index (χ0) is 9.03.